The summed E-state index contributed by atoms with van der Waals surface area (Å²) in [5.41, 5.74) is 1.92. The highest BCUT2D eigenvalue weighted by Crippen LogP contribution is 2.26. The highest BCUT2D eigenvalue weighted by atomic mass is 35.5. The zero-order valence-electron chi connectivity index (χ0n) is 18.2. The number of carboxylic acids is 1. The maximum Gasteiger partial charge on any atom is 0.307 e. The Labute approximate surface area is 200 Å². The van der Waals surface area contributed by atoms with Crippen molar-refractivity contribution in [2.24, 2.45) is 5.92 Å². The Morgan fingerprint density at radius 3 is 2.59 bits per heavy atom. The summed E-state index contributed by atoms with van der Waals surface area (Å²) < 4.78 is 14.2. The summed E-state index contributed by atoms with van der Waals surface area (Å²) in [6.45, 7) is 0.290. The summed E-state index contributed by atoms with van der Waals surface area (Å²) in [5, 5.41) is 34.5. The quantitative estimate of drug-likeness (QED) is 0.246. The molecule has 11 heteroatoms. The zero-order valence-corrected chi connectivity index (χ0v) is 18.9. The number of carbonyl (C=O) groups is 2. The van der Waals surface area contributed by atoms with Crippen LogP contribution in [0, 0.1) is 11.7 Å². The Morgan fingerprint density at radius 1 is 1.18 bits per heavy atom. The van der Waals surface area contributed by atoms with Crippen LogP contribution in [0.3, 0.4) is 0 Å². The van der Waals surface area contributed by atoms with Gasteiger partial charge in [-0.1, -0.05) is 35.9 Å². The van der Waals surface area contributed by atoms with Crippen LogP contribution in [0.15, 0.2) is 48.7 Å². The van der Waals surface area contributed by atoms with Gasteiger partial charge in [-0.05, 0) is 42.2 Å². The molecule has 180 valence electrons. The average molecular weight is 490 g/mol. The van der Waals surface area contributed by atoms with Gasteiger partial charge in [0.05, 0.1) is 18.7 Å². The summed E-state index contributed by atoms with van der Waals surface area (Å²) in [6, 6.07) is 10.9. The number of hydrogen-bond acceptors (Lipinski definition) is 6. The number of benzene rings is 2. The molecule has 0 aliphatic carbocycles. The molecule has 9 nitrogen and oxygen atoms in total. The summed E-state index contributed by atoms with van der Waals surface area (Å²) in [7, 11) is 0. The molecule has 5 N–H and O–H groups in total. The number of H-pyrrole nitrogens is 1. The summed E-state index contributed by atoms with van der Waals surface area (Å²) in [4.78, 5) is 24.3. The van der Waals surface area contributed by atoms with Gasteiger partial charge in [0.25, 0.3) is 5.91 Å². The lowest BCUT2D eigenvalue weighted by molar-refractivity contribution is -0.142. The van der Waals surface area contributed by atoms with Crippen LogP contribution in [0.4, 0.5) is 4.39 Å². The standard InChI is InChI=1S/C23H25ClFN5O4/c24-17-5-6-20(25)19(11-17)15-3-1-14(2-4-15)9-18(28-22(32)21-13-27-30-29-21)10-16(23(33)34)12-26-7-8-31/h1-6,11,13,16,18,26,31H,7-10,12H2,(H,28,32)(H,33,34)(H,27,29,30). The third-order valence-electron chi connectivity index (χ3n) is 5.26. The van der Waals surface area contributed by atoms with E-state index in [1.165, 1.54) is 18.3 Å². The van der Waals surface area contributed by atoms with Gasteiger partial charge in [0, 0.05) is 29.7 Å². The fourth-order valence-corrected chi connectivity index (χ4v) is 3.73. The molecule has 2 unspecified atom stereocenters. The van der Waals surface area contributed by atoms with Gasteiger partial charge in [-0.2, -0.15) is 15.4 Å². The zero-order chi connectivity index (χ0) is 24.5. The minimum absolute atomic E-state index is 0.0852. The average Bonchev–Trinajstić information content (AvgIpc) is 3.36. The van der Waals surface area contributed by atoms with Crippen molar-refractivity contribution in [2.75, 3.05) is 19.7 Å². The number of aliphatic carboxylic acids is 1. The molecule has 0 saturated carbocycles. The first-order valence-electron chi connectivity index (χ1n) is 10.6. The molecule has 1 aromatic heterocycles. The minimum atomic E-state index is -1.02. The van der Waals surface area contributed by atoms with Crippen LogP contribution >= 0.6 is 11.6 Å². The van der Waals surface area contributed by atoms with Crippen LogP contribution in [0.25, 0.3) is 11.1 Å². The summed E-state index contributed by atoms with van der Waals surface area (Å²) in [6.07, 6.45) is 1.76. The van der Waals surface area contributed by atoms with E-state index in [1.54, 1.807) is 30.3 Å². The Morgan fingerprint density at radius 2 is 1.94 bits per heavy atom. The van der Waals surface area contributed by atoms with Crippen LogP contribution in [-0.2, 0) is 11.2 Å². The molecule has 1 heterocycles. The van der Waals surface area contributed by atoms with Gasteiger partial charge in [0.1, 0.15) is 5.82 Å². The molecule has 0 radical (unpaired) electrons. The number of aliphatic hydroxyl groups excluding tert-OH is 1. The van der Waals surface area contributed by atoms with Gasteiger partial charge in [-0.25, -0.2) is 4.39 Å². The number of amides is 1. The fraction of sp³-hybridized carbons (Fsp3) is 0.304. The number of halogens is 2. The van der Waals surface area contributed by atoms with E-state index >= 15 is 0 Å². The minimum Gasteiger partial charge on any atom is -0.481 e. The molecule has 0 fully saturated rings. The van der Waals surface area contributed by atoms with Crippen molar-refractivity contribution in [1.29, 1.82) is 0 Å². The van der Waals surface area contributed by atoms with E-state index in [-0.39, 0.29) is 31.8 Å². The Balaban J connectivity index is 1.77. The second-order valence-electron chi connectivity index (χ2n) is 7.75. The number of rotatable bonds is 12. The predicted molar refractivity (Wildman–Crippen MR) is 124 cm³/mol. The second kappa shape index (κ2) is 12.2. The highest BCUT2D eigenvalue weighted by molar-refractivity contribution is 6.30. The number of hydrogen-bond donors (Lipinski definition) is 5. The van der Waals surface area contributed by atoms with Gasteiger partial charge < -0.3 is 20.8 Å². The van der Waals surface area contributed by atoms with Gasteiger partial charge in [-0.15, -0.1) is 0 Å². The number of carbonyl (C=O) groups excluding carboxylic acids is 1. The van der Waals surface area contributed by atoms with Gasteiger partial charge in [-0.3, -0.25) is 9.59 Å². The van der Waals surface area contributed by atoms with E-state index in [2.05, 4.69) is 26.0 Å². The van der Waals surface area contributed by atoms with Crippen molar-refractivity contribution in [3.63, 3.8) is 0 Å². The van der Waals surface area contributed by atoms with Crippen molar-refractivity contribution in [3.8, 4) is 11.1 Å². The van der Waals surface area contributed by atoms with Crippen molar-refractivity contribution in [2.45, 2.75) is 18.9 Å². The maximum atomic E-state index is 14.2. The van der Waals surface area contributed by atoms with E-state index in [9.17, 15) is 19.1 Å². The third-order valence-corrected chi connectivity index (χ3v) is 5.49. The monoisotopic (exact) mass is 489 g/mol. The summed E-state index contributed by atoms with van der Waals surface area (Å²) in [5.74, 6) is -2.69. The van der Waals surface area contributed by atoms with Crippen molar-refractivity contribution >= 4 is 23.5 Å². The Bertz CT molecular complexity index is 1100. The van der Waals surface area contributed by atoms with Crippen LogP contribution in [0.1, 0.15) is 22.5 Å². The third kappa shape index (κ3) is 7.08. The molecule has 2 atom stereocenters. The molecule has 2 aromatic carbocycles. The molecular formula is C23H25ClFN5O4. The number of nitrogens with one attached hydrogen (secondary N) is 3. The van der Waals surface area contributed by atoms with Crippen LogP contribution in [-0.4, -0.2) is 63.2 Å². The van der Waals surface area contributed by atoms with Gasteiger partial charge in [0.15, 0.2) is 5.69 Å². The summed E-state index contributed by atoms with van der Waals surface area (Å²) >= 11 is 5.99. The molecule has 0 spiro atoms. The molecule has 3 rings (SSSR count). The molecule has 3 aromatic rings. The smallest absolute Gasteiger partial charge is 0.307 e. The van der Waals surface area contributed by atoms with E-state index in [1.807, 2.05) is 0 Å². The number of carboxylic acid groups (broad SMARTS) is 1. The van der Waals surface area contributed by atoms with Crippen LogP contribution in [0.5, 0.6) is 0 Å². The molecule has 0 aliphatic heterocycles. The first-order valence-corrected chi connectivity index (χ1v) is 11.0. The lowest BCUT2D eigenvalue weighted by Gasteiger charge is -2.23. The molecule has 34 heavy (non-hydrogen) atoms. The Kier molecular flexibility index (Phi) is 9.08. The molecule has 0 saturated heterocycles. The maximum absolute atomic E-state index is 14.2. The molecule has 0 bridgehead atoms. The van der Waals surface area contributed by atoms with Crippen LogP contribution < -0.4 is 10.6 Å². The first kappa shape index (κ1) is 25.3. The predicted octanol–water partition coefficient (Wildman–Crippen LogP) is 2.28. The largest absolute Gasteiger partial charge is 0.481 e. The Hall–Kier alpha value is -3.34. The SMILES string of the molecule is O=C(NC(Cc1ccc(-c2cc(Cl)ccc2F)cc1)CC(CNCCO)C(=O)O)c1cn[nH]n1. The lowest BCUT2D eigenvalue weighted by atomic mass is 9.93. The topological polar surface area (TPSA) is 140 Å². The molecular weight excluding hydrogens is 465 g/mol. The van der Waals surface area contributed by atoms with Crippen molar-refractivity contribution in [3.05, 3.63) is 70.8 Å². The molecule has 0 aliphatic rings. The van der Waals surface area contributed by atoms with Gasteiger partial charge >= 0.3 is 5.97 Å². The lowest BCUT2D eigenvalue weighted by Crippen LogP contribution is -2.41. The normalized spacial score (nSPS) is 12.8. The van der Waals surface area contributed by atoms with Gasteiger partial charge in [0.2, 0.25) is 0 Å². The van der Waals surface area contributed by atoms with Crippen LogP contribution in [0.2, 0.25) is 5.02 Å². The number of aliphatic hydroxyl groups is 1. The first-order chi connectivity index (χ1) is 16.4. The van der Waals surface area contributed by atoms with E-state index < -0.39 is 29.7 Å². The second-order valence-corrected chi connectivity index (χ2v) is 8.19. The van der Waals surface area contributed by atoms with Crippen molar-refractivity contribution < 1.29 is 24.2 Å². The highest BCUT2D eigenvalue weighted by Gasteiger charge is 2.25. The number of nitrogens with zero attached hydrogens (tertiary/aromatic N) is 2. The number of aromatic nitrogens is 3. The van der Waals surface area contributed by atoms with E-state index in [0.29, 0.717) is 22.6 Å². The van der Waals surface area contributed by atoms with E-state index in [4.69, 9.17) is 16.7 Å². The molecule has 1 amide bonds. The number of aromatic amines is 1. The van der Waals surface area contributed by atoms with E-state index in [0.717, 1.165) is 5.56 Å². The fourth-order valence-electron chi connectivity index (χ4n) is 3.56. The van der Waals surface area contributed by atoms with Crippen molar-refractivity contribution in [1.82, 2.24) is 26.0 Å².